The molecule has 0 bridgehead atoms. The van der Waals surface area contributed by atoms with Crippen LogP contribution in [0.5, 0.6) is 0 Å². The van der Waals surface area contributed by atoms with Crippen molar-refractivity contribution in [1.29, 1.82) is 0 Å². The summed E-state index contributed by atoms with van der Waals surface area (Å²) in [4.78, 5) is 11.5. The summed E-state index contributed by atoms with van der Waals surface area (Å²) in [5.74, 6) is -0.207. The van der Waals surface area contributed by atoms with E-state index in [-0.39, 0.29) is 5.91 Å². The first-order chi connectivity index (χ1) is 7.74. The van der Waals surface area contributed by atoms with Crippen LogP contribution >= 0.6 is 11.3 Å². The molecule has 0 unspecified atom stereocenters. The second-order valence-electron chi connectivity index (χ2n) is 3.25. The zero-order chi connectivity index (χ0) is 11.8. The molecule has 0 spiro atoms. The van der Waals surface area contributed by atoms with Crippen LogP contribution in [0.3, 0.4) is 0 Å². The van der Waals surface area contributed by atoms with Gasteiger partial charge in [0.25, 0.3) is 5.91 Å². The van der Waals surface area contributed by atoms with E-state index in [9.17, 15) is 4.79 Å². The Labute approximate surface area is 98.2 Å². The Morgan fingerprint density at radius 3 is 2.88 bits per heavy atom. The van der Waals surface area contributed by atoms with E-state index in [0.717, 1.165) is 37.2 Å². The van der Waals surface area contributed by atoms with Gasteiger partial charge in [-0.25, -0.2) is 0 Å². The average molecular weight is 244 g/mol. The van der Waals surface area contributed by atoms with Gasteiger partial charge in [-0.15, -0.1) is 10.2 Å². The lowest BCUT2D eigenvalue weighted by Gasteiger charge is -2.02. The second kappa shape index (κ2) is 7.13. The Balaban J connectivity index is 2.11. The fourth-order valence-corrected chi connectivity index (χ4v) is 1.68. The van der Waals surface area contributed by atoms with Gasteiger partial charge in [-0.05, 0) is 19.3 Å². The highest BCUT2D eigenvalue weighted by Crippen LogP contribution is 2.10. The number of hydrogen-bond acceptors (Lipinski definition) is 6. The van der Waals surface area contributed by atoms with E-state index in [4.69, 9.17) is 10.5 Å². The smallest absolute Gasteiger partial charge is 0.282 e. The molecule has 0 saturated heterocycles. The number of unbranched alkanes of at least 4 members (excludes halogenated alkanes) is 2. The van der Waals surface area contributed by atoms with Crippen LogP contribution in [0.4, 0.5) is 5.13 Å². The summed E-state index contributed by atoms with van der Waals surface area (Å²) in [6, 6.07) is 0. The van der Waals surface area contributed by atoms with Crippen molar-refractivity contribution in [2.75, 3.05) is 26.0 Å². The second-order valence-corrected chi connectivity index (χ2v) is 4.26. The first-order valence-corrected chi connectivity index (χ1v) is 5.92. The predicted molar refractivity (Wildman–Crippen MR) is 62.4 cm³/mol. The lowest BCUT2D eigenvalue weighted by molar-refractivity contribution is 0.0951. The number of nitrogens with two attached hydrogens (primary N) is 1. The van der Waals surface area contributed by atoms with Crippen molar-refractivity contribution in [1.82, 2.24) is 15.5 Å². The van der Waals surface area contributed by atoms with Gasteiger partial charge in [0, 0.05) is 20.3 Å². The van der Waals surface area contributed by atoms with Crippen LogP contribution in [0.15, 0.2) is 0 Å². The minimum atomic E-state index is -0.207. The molecule has 0 aromatic carbocycles. The number of ether oxygens (including phenoxy) is 1. The third-order valence-corrected chi connectivity index (χ3v) is 2.70. The highest BCUT2D eigenvalue weighted by Gasteiger charge is 2.10. The lowest BCUT2D eigenvalue weighted by Crippen LogP contribution is -2.24. The molecular weight excluding hydrogens is 228 g/mol. The molecule has 0 aliphatic carbocycles. The van der Waals surface area contributed by atoms with Crippen LogP contribution in [-0.2, 0) is 4.74 Å². The van der Waals surface area contributed by atoms with Crippen molar-refractivity contribution in [2.45, 2.75) is 19.3 Å². The van der Waals surface area contributed by atoms with E-state index in [0.29, 0.717) is 16.7 Å². The van der Waals surface area contributed by atoms with Gasteiger partial charge in [0.1, 0.15) is 0 Å². The summed E-state index contributed by atoms with van der Waals surface area (Å²) in [5.41, 5.74) is 5.38. The van der Waals surface area contributed by atoms with Gasteiger partial charge in [0.05, 0.1) is 0 Å². The Hall–Kier alpha value is -1.21. The van der Waals surface area contributed by atoms with E-state index < -0.39 is 0 Å². The molecule has 90 valence electrons. The molecule has 0 fully saturated rings. The Kier molecular flexibility index (Phi) is 5.73. The average Bonchev–Trinajstić information content (AvgIpc) is 2.70. The Morgan fingerprint density at radius 1 is 1.44 bits per heavy atom. The summed E-state index contributed by atoms with van der Waals surface area (Å²) in [7, 11) is 1.68. The molecule has 0 saturated carbocycles. The SMILES string of the molecule is COCCCCCNC(=O)c1nnc(N)s1. The molecule has 16 heavy (non-hydrogen) atoms. The van der Waals surface area contributed by atoms with Crippen LogP contribution in [-0.4, -0.2) is 36.4 Å². The quantitative estimate of drug-likeness (QED) is 0.688. The Morgan fingerprint density at radius 2 is 2.25 bits per heavy atom. The number of nitrogens with zero attached hydrogens (tertiary/aromatic N) is 2. The third-order valence-electron chi connectivity index (χ3n) is 1.95. The van der Waals surface area contributed by atoms with Crippen LogP contribution in [0.25, 0.3) is 0 Å². The highest BCUT2D eigenvalue weighted by molar-refractivity contribution is 7.16. The number of carbonyl (C=O) groups excluding carboxylic acids is 1. The van der Waals surface area contributed by atoms with Crippen molar-refractivity contribution in [3.63, 3.8) is 0 Å². The standard InChI is InChI=1S/C9H16N4O2S/c1-15-6-4-2-3-5-11-7(14)8-12-13-9(10)16-8/h2-6H2,1H3,(H2,10,13)(H,11,14). The van der Waals surface area contributed by atoms with Crippen molar-refractivity contribution in [2.24, 2.45) is 0 Å². The zero-order valence-electron chi connectivity index (χ0n) is 9.23. The van der Waals surface area contributed by atoms with E-state index in [1.165, 1.54) is 0 Å². The number of methoxy groups -OCH3 is 1. The molecule has 0 aliphatic rings. The largest absolute Gasteiger partial charge is 0.385 e. The first kappa shape index (κ1) is 12.9. The minimum Gasteiger partial charge on any atom is -0.385 e. The molecule has 7 heteroatoms. The molecule has 1 aromatic rings. The van der Waals surface area contributed by atoms with Crippen LogP contribution in [0.2, 0.25) is 0 Å². The van der Waals surface area contributed by atoms with Gasteiger partial charge in [0.2, 0.25) is 10.1 Å². The van der Waals surface area contributed by atoms with Gasteiger partial charge in [-0.1, -0.05) is 11.3 Å². The molecule has 1 aromatic heterocycles. The maximum absolute atomic E-state index is 11.5. The van der Waals surface area contributed by atoms with E-state index in [2.05, 4.69) is 15.5 Å². The van der Waals surface area contributed by atoms with Crippen LogP contribution in [0, 0.1) is 0 Å². The molecule has 1 rings (SSSR count). The van der Waals surface area contributed by atoms with Crippen molar-refractivity contribution < 1.29 is 9.53 Å². The van der Waals surface area contributed by atoms with E-state index in [1.807, 2.05) is 0 Å². The number of aromatic nitrogens is 2. The predicted octanol–water partition coefficient (Wildman–Crippen LogP) is 0.667. The molecule has 1 heterocycles. The van der Waals surface area contributed by atoms with Gasteiger partial charge in [-0.3, -0.25) is 4.79 Å². The third kappa shape index (κ3) is 4.54. The van der Waals surface area contributed by atoms with Crippen molar-refractivity contribution in [3.8, 4) is 0 Å². The van der Waals surface area contributed by atoms with E-state index in [1.54, 1.807) is 7.11 Å². The van der Waals surface area contributed by atoms with Gasteiger partial charge < -0.3 is 15.8 Å². The molecule has 0 atom stereocenters. The number of nitrogen functional groups attached to an aromatic ring is 1. The summed E-state index contributed by atoms with van der Waals surface area (Å²) < 4.78 is 4.92. The van der Waals surface area contributed by atoms with Gasteiger partial charge in [-0.2, -0.15) is 0 Å². The molecule has 0 aliphatic heterocycles. The maximum Gasteiger partial charge on any atom is 0.282 e. The number of rotatable bonds is 7. The highest BCUT2D eigenvalue weighted by atomic mass is 32.1. The fraction of sp³-hybridized carbons (Fsp3) is 0.667. The minimum absolute atomic E-state index is 0.207. The number of anilines is 1. The summed E-state index contributed by atoms with van der Waals surface area (Å²) in [6.45, 7) is 1.41. The van der Waals surface area contributed by atoms with Gasteiger partial charge in [0.15, 0.2) is 0 Å². The molecule has 0 radical (unpaired) electrons. The molecular formula is C9H16N4O2S. The van der Waals surface area contributed by atoms with Crippen molar-refractivity contribution in [3.05, 3.63) is 5.01 Å². The molecule has 1 amide bonds. The fourth-order valence-electron chi connectivity index (χ4n) is 1.15. The Bertz CT molecular complexity index is 329. The number of carbonyl (C=O) groups is 1. The number of nitrogens with one attached hydrogen (secondary N) is 1. The molecule has 6 nitrogen and oxygen atoms in total. The summed E-state index contributed by atoms with van der Waals surface area (Å²) >= 11 is 1.09. The summed E-state index contributed by atoms with van der Waals surface area (Å²) in [6.07, 6.45) is 2.98. The van der Waals surface area contributed by atoms with E-state index >= 15 is 0 Å². The van der Waals surface area contributed by atoms with Crippen LogP contribution in [0.1, 0.15) is 29.1 Å². The molecule has 3 N–H and O–H groups in total. The lowest BCUT2D eigenvalue weighted by atomic mass is 10.2. The zero-order valence-corrected chi connectivity index (χ0v) is 10.0. The first-order valence-electron chi connectivity index (χ1n) is 5.10. The topological polar surface area (TPSA) is 90.1 Å². The summed E-state index contributed by atoms with van der Waals surface area (Å²) in [5, 5.41) is 10.6. The van der Waals surface area contributed by atoms with Crippen molar-refractivity contribution >= 4 is 22.4 Å². The number of hydrogen-bond donors (Lipinski definition) is 2. The van der Waals surface area contributed by atoms with Crippen LogP contribution < -0.4 is 11.1 Å². The maximum atomic E-state index is 11.5. The monoisotopic (exact) mass is 244 g/mol. The number of amides is 1. The normalized spacial score (nSPS) is 10.3. The van der Waals surface area contributed by atoms with Gasteiger partial charge >= 0.3 is 0 Å².